The molecule has 2 fully saturated rings. The molecule has 2 aliphatic heterocycles. The maximum absolute atomic E-state index is 12.4. The van der Waals surface area contributed by atoms with Gasteiger partial charge >= 0.3 is 0 Å². The van der Waals surface area contributed by atoms with Crippen LogP contribution in [0, 0.1) is 17.8 Å². The van der Waals surface area contributed by atoms with E-state index in [1.54, 1.807) is 0 Å². The molecule has 2 rings (SSSR count). The standard InChI is InChI=1S/C22H42N4O2/c1-5-10-24(4)17-22(28)26-13-8-20(9-14-26)19-6-11-25(12-7-19)21(27)16-23-15-18(2)3/h18-20,23H,5-17H2,1-4H3. The van der Waals surface area contributed by atoms with E-state index in [0.29, 0.717) is 30.8 Å². The van der Waals surface area contributed by atoms with Gasteiger partial charge in [-0.25, -0.2) is 0 Å². The Balaban J connectivity index is 1.66. The van der Waals surface area contributed by atoms with Crippen molar-refractivity contribution in [2.24, 2.45) is 17.8 Å². The van der Waals surface area contributed by atoms with E-state index < -0.39 is 0 Å². The van der Waals surface area contributed by atoms with E-state index in [1.807, 2.05) is 11.9 Å². The summed E-state index contributed by atoms with van der Waals surface area (Å²) in [5.74, 6) is 2.53. The summed E-state index contributed by atoms with van der Waals surface area (Å²) in [5, 5.41) is 3.26. The Bertz CT molecular complexity index is 481. The summed E-state index contributed by atoms with van der Waals surface area (Å²) >= 11 is 0. The molecule has 1 N–H and O–H groups in total. The predicted molar refractivity (Wildman–Crippen MR) is 114 cm³/mol. The van der Waals surface area contributed by atoms with Crippen LogP contribution in [0.3, 0.4) is 0 Å². The fraction of sp³-hybridized carbons (Fsp3) is 0.909. The van der Waals surface area contributed by atoms with Crippen molar-refractivity contribution in [1.29, 1.82) is 0 Å². The minimum absolute atomic E-state index is 0.246. The maximum atomic E-state index is 12.4. The van der Waals surface area contributed by atoms with Crippen LogP contribution in [-0.2, 0) is 9.59 Å². The van der Waals surface area contributed by atoms with Gasteiger partial charge in [-0.2, -0.15) is 0 Å². The summed E-state index contributed by atoms with van der Waals surface area (Å²) in [5.41, 5.74) is 0. The lowest BCUT2D eigenvalue weighted by Gasteiger charge is -2.40. The van der Waals surface area contributed by atoms with Crippen molar-refractivity contribution in [2.45, 2.75) is 52.9 Å². The van der Waals surface area contributed by atoms with Gasteiger partial charge in [-0.3, -0.25) is 14.5 Å². The summed E-state index contributed by atoms with van der Waals surface area (Å²) in [6.45, 7) is 13.0. The summed E-state index contributed by atoms with van der Waals surface area (Å²) in [6.07, 6.45) is 5.57. The van der Waals surface area contributed by atoms with Gasteiger partial charge in [0.15, 0.2) is 0 Å². The summed E-state index contributed by atoms with van der Waals surface area (Å²) in [4.78, 5) is 31.0. The second-order valence-corrected chi connectivity index (χ2v) is 9.20. The zero-order chi connectivity index (χ0) is 20.5. The van der Waals surface area contributed by atoms with Crippen molar-refractivity contribution in [3.8, 4) is 0 Å². The molecule has 28 heavy (non-hydrogen) atoms. The van der Waals surface area contributed by atoms with Gasteiger partial charge in [0.25, 0.3) is 0 Å². The van der Waals surface area contributed by atoms with Crippen LogP contribution < -0.4 is 5.32 Å². The van der Waals surface area contributed by atoms with Crippen LogP contribution in [0.1, 0.15) is 52.9 Å². The molecule has 6 heteroatoms. The Morgan fingerprint density at radius 1 is 0.964 bits per heavy atom. The van der Waals surface area contributed by atoms with E-state index in [1.165, 1.54) is 0 Å². The highest BCUT2D eigenvalue weighted by Gasteiger charge is 2.31. The summed E-state index contributed by atoms with van der Waals surface area (Å²) < 4.78 is 0. The molecule has 0 aromatic carbocycles. The zero-order valence-corrected chi connectivity index (χ0v) is 18.6. The van der Waals surface area contributed by atoms with E-state index in [4.69, 9.17) is 0 Å². The Hall–Kier alpha value is -1.14. The van der Waals surface area contributed by atoms with Crippen molar-refractivity contribution in [1.82, 2.24) is 20.0 Å². The molecule has 0 aromatic rings. The second-order valence-electron chi connectivity index (χ2n) is 9.20. The molecule has 0 radical (unpaired) electrons. The van der Waals surface area contributed by atoms with Gasteiger partial charge in [0, 0.05) is 26.2 Å². The molecule has 0 bridgehead atoms. The normalized spacial score (nSPS) is 19.6. The topological polar surface area (TPSA) is 55.9 Å². The average molecular weight is 395 g/mol. The number of likely N-dealkylation sites (N-methyl/N-ethyl adjacent to an activating group) is 1. The van der Waals surface area contributed by atoms with Gasteiger partial charge < -0.3 is 15.1 Å². The third-order valence-corrected chi connectivity index (χ3v) is 6.29. The molecule has 2 aliphatic rings. The SMILES string of the molecule is CCCN(C)CC(=O)N1CCC(C2CCN(C(=O)CNCC(C)C)CC2)CC1. The number of nitrogens with zero attached hydrogens (tertiary/aromatic N) is 3. The highest BCUT2D eigenvalue weighted by Crippen LogP contribution is 2.32. The van der Waals surface area contributed by atoms with Gasteiger partial charge in [0.05, 0.1) is 13.1 Å². The van der Waals surface area contributed by atoms with Crippen molar-refractivity contribution in [3.05, 3.63) is 0 Å². The van der Waals surface area contributed by atoms with E-state index in [9.17, 15) is 9.59 Å². The van der Waals surface area contributed by atoms with Gasteiger partial charge in [0.1, 0.15) is 0 Å². The molecule has 0 aromatic heterocycles. The smallest absolute Gasteiger partial charge is 0.236 e. The fourth-order valence-electron chi connectivity index (χ4n) is 4.61. The van der Waals surface area contributed by atoms with Gasteiger partial charge in [-0.15, -0.1) is 0 Å². The van der Waals surface area contributed by atoms with Gasteiger partial charge in [0.2, 0.25) is 11.8 Å². The summed E-state index contributed by atoms with van der Waals surface area (Å²) in [7, 11) is 2.03. The van der Waals surface area contributed by atoms with Crippen molar-refractivity contribution < 1.29 is 9.59 Å². The van der Waals surface area contributed by atoms with Crippen LogP contribution in [0.25, 0.3) is 0 Å². The van der Waals surface area contributed by atoms with Crippen LogP contribution >= 0.6 is 0 Å². The third-order valence-electron chi connectivity index (χ3n) is 6.29. The molecule has 0 aliphatic carbocycles. The molecular weight excluding hydrogens is 352 g/mol. The minimum atomic E-state index is 0.246. The molecule has 2 saturated heterocycles. The molecule has 0 spiro atoms. The van der Waals surface area contributed by atoms with Crippen LogP contribution in [-0.4, -0.2) is 85.9 Å². The Morgan fingerprint density at radius 3 is 1.93 bits per heavy atom. The number of likely N-dealkylation sites (tertiary alicyclic amines) is 2. The van der Waals surface area contributed by atoms with E-state index in [0.717, 1.165) is 71.4 Å². The first kappa shape index (κ1) is 23.1. The molecule has 2 heterocycles. The molecule has 0 atom stereocenters. The van der Waals surface area contributed by atoms with Crippen molar-refractivity contribution >= 4 is 11.8 Å². The van der Waals surface area contributed by atoms with Crippen LogP contribution in [0.2, 0.25) is 0 Å². The monoisotopic (exact) mass is 394 g/mol. The minimum Gasteiger partial charge on any atom is -0.342 e. The Labute approximate surface area is 172 Å². The third kappa shape index (κ3) is 7.36. The molecular formula is C22H42N4O2. The van der Waals surface area contributed by atoms with Crippen LogP contribution in [0.15, 0.2) is 0 Å². The van der Waals surface area contributed by atoms with Gasteiger partial charge in [-0.05, 0) is 70.0 Å². The van der Waals surface area contributed by atoms with E-state index in [2.05, 4.69) is 35.9 Å². The molecule has 162 valence electrons. The quantitative estimate of drug-likeness (QED) is 0.650. The number of carbonyl (C=O) groups is 2. The molecule has 2 amide bonds. The first-order valence-corrected chi connectivity index (χ1v) is 11.4. The number of nitrogens with one attached hydrogen (secondary N) is 1. The molecule has 0 unspecified atom stereocenters. The first-order valence-electron chi connectivity index (χ1n) is 11.4. The first-order chi connectivity index (χ1) is 13.4. The average Bonchev–Trinajstić information content (AvgIpc) is 2.68. The summed E-state index contributed by atoms with van der Waals surface area (Å²) in [6, 6.07) is 0. The Morgan fingerprint density at radius 2 is 1.46 bits per heavy atom. The number of carbonyl (C=O) groups excluding carboxylic acids is 2. The Kier molecular flexibility index (Phi) is 9.72. The maximum Gasteiger partial charge on any atom is 0.236 e. The van der Waals surface area contributed by atoms with Crippen molar-refractivity contribution in [2.75, 3.05) is 59.4 Å². The lowest BCUT2D eigenvalue weighted by atomic mass is 9.78. The largest absolute Gasteiger partial charge is 0.342 e. The van der Waals surface area contributed by atoms with Gasteiger partial charge in [-0.1, -0.05) is 20.8 Å². The molecule has 0 saturated carbocycles. The lowest BCUT2D eigenvalue weighted by Crippen LogP contribution is -2.47. The van der Waals surface area contributed by atoms with Crippen molar-refractivity contribution in [3.63, 3.8) is 0 Å². The number of hydrogen-bond acceptors (Lipinski definition) is 4. The van der Waals surface area contributed by atoms with Crippen LogP contribution in [0.5, 0.6) is 0 Å². The molecule has 6 nitrogen and oxygen atoms in total. The van der Waals surface area contributed by atoms with Crippen LogP contribution in [0.4, 0.5) is 0 Å². The van der Waals surface area contributed by atoms with E-state index in [-0.39, 0.29) is 11.8 Å². The predicted octanol–water partition coefficient (Wildman–Crippen LogP) is 2.05. The second kappa shape index (κ2) is 11.8. The van der Waals surface area contributed by atoms with E-state index >= 15 is 0 Å². The zero-order valence-electron chi connectivity index (χ0n) is 18.6. The number of amides is 2. The number of rotatable bonds is 9. The highest BCUT2D eigenvalue weighted by molar-refractivity contribution is 5.78. The number of hydrogen-bond donors (Lipinski definition) is 1. The highest BCUT2D eigenvalue weighted by atomic mass is 16.2. The lowest BCUT2D eigenvalue weighted by molar-refractivity contribution is -0.135. The number of piperidine rings is 2. The fourth-order valence-corrected chi connectivity index (χ4v) is 4.61.